The zero-order valence-electron chi connectivity index (χ0n) is 25.3. The number of fused-ring (bicyclic) bond motifs is 2. The normalized spacial score (nSPS) is 27.2. The number of aryl methyl sites for hydroxylation is 1. The first-order valence-corrected chi connectivity index (χ1v) is 15.0. The van der Waals surface area contributed by atoms with Crippen molar-refractivity contribution in [2.45, 2.75) is 109 Å². The number of allylic oxidation sites excluding steroid dienone is 1. The van der Waals surface area contributed by atoms with Crippen LogP contribution in [0, 0.1) is 5.92 Å². The van der Waals surface area contributed by atoms with Gasteiger partial charge in [-0.2, -0.15) is 0 Å². The summed E-state index contributed by atoms with van der Waals surface area (Å²) in [6, 6.07) is 0. The van der Waals surface area contributed by atoms with Gasteiger partial charge in [-0.05, 0) is 44.1 Å². The van der Waals surface area contributed by atoms with E-state index in [1.807, 2.05) is 0 Å². The lowest BCUT2D eigenvalue weighted by atomic mass is 9.89. The number of nitrogens with one attached hydrogen (secondary N) is 1. The van der Waals surface area contributed by atoms with Gasteiger partial charge in [0.2, 0.25) is 5.89 Å². The highest BCUT2D eigenvalue weighted by molar-refractivity contribution is 5.82. The molecule has 1 amide bonds. The quantitative estimate of drug-likeness (QED) is 0.215. The zero-order chi connectivity index (χ0) is 30.3. The second-order valence-electron chi connectivity index (χ2n) is 11.1. The van der Waals surface area contributed by atoms with Crippen LogP contribution in [0.4, 0.5) is 4.79 Å². The number of carbonyl (C=O) groups excluding carboxylic acids is 3. The molecule has 2 aliphatic heterocycles. The highest BCUT2D eigenvalue weighted by Crippen LogP contribution is 2.31. The Morgan fingerprint density at radius 1 is 1.10 bits per heavy atom. The number of hydrogen-bond acceptors (Lipinski definition) is 10. The van der Waals surface area contributed by atoms with Crippen LogP contribution in [0.2, 0.25) is 0 Å². The van der Waals surface area contributed by atoms with E-state index < -0.39 is 12.1 Å². The number of oxazole rings is 1. The van der Waals surface area contributed by atoms with Gasteiger partial charge >= 0.3 is 18.0 Å². The van der Waals surface area contributed by atoms with Crippen molar-refractivity contribution in [3.05, 3.63) is 36.1 Å². The Hall–Kier alpha value is -3.18. The van der Waals surface area contributed by atoms with Gasteiger partial charge in [0.15, 0.2) is 0 Å². The maximum absolute atomic E-state index is 12.8. The molecule has 6 atom stereocenters. The largest absolute Gasteiger partial charge is 0.462 e. The van der Waals surface area contributed by atoms with Crippen LogP contribution in [-0.4, -0.2) is 74.3 Å². The minimum Gasteiger partial charge on any atom is -0.462 e. The van der Waals surface area contributed by atoms with Crippen molar-refractivity contribution in [3.63, 3.8) is 0 Å². The minimum absolute atomic E-state index is 0.0116. The molecule has 42 heavy (non-hydrogen) atoms. The van der Waals surface area contributed by atoms with Crippen molar-refractivity contribution in [3.8, 4) is 0 Å². The summed E-state index contributed by atoms with van der Waals surface area (Å²) in [5.74, 6) is 0.0697. The van der Waals surface area contributed by atoms with Crippen LogP contribution in [0.15, 0.2) is 28.9 Å². The molecule has 0 unspecified atom stereocenters. The van der Waals surface area contributed by atoms with Gasteiger partial charge in [-0.25, -0.2) is 14.6 Å². The summed E-state index contributed by atoms with van der Waals surface area (Å²) in [7, 11) is 3.01. The molecule has 11 heteroatoms. The highest BCUT2D eigenvalue weighted by Gasteiger charge is 2.35. The average molecular weight is 591 g/mol. The van der Waals surface area contributed by atoms with E-state index in [0.29, 0.717) is 50.5 Å². The lowest BCUT2D eigenvalue weighted by Gasteiger charge is -2.37. The van der Waals surface area contributed by atoms with Crippen molar-refractivity contribution in [1.82, 2.24) is 10.3 Å². The van der Waals surface area contributed by atoms with Crippen molar-refractivity contribution in [2.75, 3.05) is 20.8 Å². The molecule has 2 fully saturated rings. The Kier molecular flexibility index (Phi) is 14.0. The van der Waals surface area contributed by atoms with E-state index >= 15 is 0 Å². The number of amides is 1. The molecule has 3 heterocycles. The summed E-state index contributed by atoms with van der Waals surface area (Å²) in [5, 5.41) is 2.53. The fourth-order valence-corrected chi connectivity index (χ4v) is 5.49. The van der Waals surface area contributed by atoms with Crippen LogP contribution in [0.3, 0.4) is 0 Å². The summed E-state index contributed by atoms with van der Waals surface area (Å²) in [6.45, 7) is 4.56. The van der Waals surface area contributed by atoms with E-state index in [4.69, 9.17) is 23.4 Å². The van der Waals surface area contributed by atoms with Crippen molar-refractivity contribution < 1.29 is 42.5 Å². The van der Waals surface area contributed by atoms with Gasteiger partial charge < -0.3 is 33.4 Å². The van der Waals surface area contributed by atoms with E-state index in [2.05, 4.69) is 28.9 Å². The fraction of sp³-hybridized carbons (Fsp3) is 0.677. The van der Waals surface area contributed by atoms with Gasteiger partial charge in [0.05, 0.1) is 37.5 Å². The van der Waals surface area contributed by atoms with Crippen LogP contribution < -0.4 is 5.32 Å². The monoisotopic (exact) mass is 590 g/mol. The number of carbonyl (C=O) groups is 3. The number of rotatable bonds is 11. The van der Waals surface area contributed by atoms with Crippen LogP contribution >= 0.6 is 0 Å². The Morgan fingerprint density at radius 2 is 1.90 bits per heavy atom. The predicted molar refractivity (Wildman–Crippen MR) is 154 cm³/mol. The average Bonchev–Trinajstić information content (AvgIpc) is 3.39. The third kappa shape index (κ3) is 12.0. The summed E-state index contributed by atoms with van der Waals surface area (Å²) < 4.78 is 33.5. The third-order valence-corrected chi connectivity index (χ3v) is 7.41. The van der Waals surface area contributed by atoms with E-state index in [9.17, 15) is 14.4 Å². The SMILES string of the molecule is CCC[C@H]1C[C@@H](OC)C[C@@H](C)C[C@H]2C[C@@H](OC(=O)/C=C/CCc3coc(/C=C/CNC(=O)OC)n3)C[C@H](CC(=O)O1)O2. The lowest BCUT2D eigenvalue weighted by Crippen LogP contribution is -2.41. The first-order valence-electron chi connectivity index (χ1n) is 15.0. The summed E-state index contributed by atoms with van der Waals surface area (Å²) in [6.07, 6.45) is 13.1. The molecule has 0 aromatic carbocycles. The van der Waals surface area contributed by atoms with E-state index in [1.54, 1.807) is 31.6 Å². The molecular formula is C31H46N2O9. The standard InChI is InChI=1S/C31H46N2O9/c1-5-9-23-16-24(37-3)14-21(2)15-25-17-26(18-27(40-25)19-30(35)41-23)42-29(34)12-7-6-10-22-20-39-28(33-22)11-8-13-32-31(36)38-4/h7-8,11-12,20-21,23-27H,5-6,9-10,13-19H2,1-4H3,(H,32,36)/b11-8+,12-7+/t21-,23+,24+,25+,26-,27-/m1/s1. The molecule has 234 valence electrons. The molecule has 0 radical (unpaired) electrons. The van der Waals surface area contributed by atoms with Gasteiger partial charge in [-0.3, -0.25) is 4.79 Å². The maximum Gasteiger partial charge on any atom is 0.407 e. The van der Waals surface area contributed by atoms with Crippen LogP contribution in [0.25, 0.3) is 6.08 Å². The van der Waals surface area contributed by atoms with Gasteiger partial charge in [-0.15, -0.1) is 0 Å². The number of aromatic nitrogens is 1. The van der Waals surface area contributed by atoms with Crippen LogP contribution in [0.5, 0.6) is 0 Å². The van der Waals surface area contributed by atoms with Crippen molar-refractivity contribution >= 4 is 24.1 Å². The van der Waals surface area contributed by atoms with Crippen LogP contribution in [-0.2, 0) is 39.7 Å². The number of nitrogens with zero attached hydrogens (tertiary/aromatic N) is 1. The molecule has 0 saturated carbocycles. The van der Waals surface area contributed by atoms with Gasteiger partial charge in [0.1, 0.15) is 18.5 Å². The Bertz CT molecular complexity index is 1050. The van der Waals surface area contributed by atoms with Gasteiger partial charge in [0, 0.05) is 39.0 Å². The smallest absolute Gasteiger partial charge is 0.407 e. The number of esters is 2. The molecular weight excluding hydrogens is 544 g/mol. The number of methoxy groups -OCH3 is 2. The molecule has 1 aromatic rings. The Labute approximate surface area is 248 Å². The number of alkyl carbamates (subject to hydrolysis) is 1. The van der Waals surface area contributed by atoms with E-state index in [1.165, 1.54) is 13.2 Å². The van der Waals surface area contributed by atoms with E-state index in [0.717, 1.165) is 31.4 Å². The molecule has 2 saturated heterocycles. The van der Waals surface area contributed by atoms with Crippen molar-refractivity contribution in [1.29, 1.82) is 0 Å². The van der Waals surface area contributed by atoms with Gasteiger partial charge in [-0.1, -0.05) is 32.4 Å². The maximum atomic E-state index is 12.8. The highest BCUT2D eigenvalue weighted by atomic mass is 16.6. The van der Waals surface area contributed by atoms with Crippen LogP contribution in [0.1, 0.15) is 83.2 Å². The molecule has 11 nitrogen and oxygen atoms in total. The lowest BCUT2D eigenvalue weighted by molar-refractivity contribution is -0.168. The number of hydrogen-bond donors (Lipinski definition) is 1. The molecule has 1 N–H and O–H groups in total. The second-order valence-corrected chi connectivity index (χ2v) is 11.1. The van der Waals surface area contributed by atoms with Gasteiger partial charge in [0.25, 0.3) is 0 Å². The summed E-state index contributed by atoms with van der Waals surface area (Å²) in [4.78, 5) is 40.8. The summed E-state index contributed by atoms with van der Waals surface area (Å²) in [5.41, 5.74) is 0.745. The Morgan fingerprint density at radius 3 is 2.67 bits per heavy atom. The molecule has 1 aromatic heterocycles. The van der Waals surface area contributed by atoms with E-state index in [-0.39, 0.29) is 42.9 Å². The molecule has 0 spiro atoms. The molecule has 2 bridgehead atoms. The first-order chi connectivity index (χ1) is 20.3. The molecule has 0 aliphatic carbocycles. The minimum atomic E-state index is -0.513. The number of ether oxygens (including phenoxy) is 5. The third-order valence-electron chi connectivity index (χ3n) is 7.41. The molecule has 2 aliphatic rings. The second kappa shape index (κ2) is 17.7. The van der Waals surface area contributed by atoms with Crippen molar-refractivity contribution in [2.24, 2.45) is 5.92 Å². The molecule has 3 rings (SSSR count). The topological polar surface area (TPSA) is 135 Å². The zero-order valence-corrected chi connectivity index (χ0v) is 25.3. The fourth-order valence-electron chi connectivity index (χ4n) is 5.49. The number of cyclic esters (lactones) is 1. The first kappa shape index (κ1) is 33.3. The summed E-state index contributed by atoms with van der Waals surface area (Å²) >= 11 is 0. The Balaban J connectivity index is 1.49. The predicted octanol–water partition coefficient (Wildman–Crippen LogP) is 4.93.